The van der Waals surface area contributed by atoms with Gasteiger partial charge in [-0.2, -0.15) is 0 Å². The number of piperidine rings is 1. The van der Waals surface area contributed by atoms with Gasteiger partial charge in [0.1, 0.15) is 17.1 Å². The summed E-state index contributed by atoms with van der Waals surface area (Å²) in [6.45, 7) is 5.12. The SMILES string of the molecule is CC(C)(C)OC(=O)N1CCC(C(=O)O)(S(=O)(=O)c2ccc(Oc3ccccc3)cc2)CC1.Cl. The van der Waals surface area contributed by atoms with E-state index in [0.29, 0.717) is 11.5 Å². The molecule has 2 aromatic rings. The summed E-state index contributed by atoms with van der Waals surface area (Å²) in [6.07, 6.45) is -1.05. The smallest absolute Gasteiger partial charge is 0.410 e. The Morgan fingerprint density at radius 1 is 0.939 bits per heavy atom. The van der Waals surface area contributed by atoms with Gasteiger partial charge in [-0.25, -0.2) is 13.2 Å². The molecular formula is C23H28ClNO7S. The first kappa shape index (κ1) is 26.5. The van der Waals surface area contributed by atoms with Crippen molar-refractivity contribution in [3.63, 3.8) is 0 Å². The van der Waals surface area contributed by atoms with Crippen LogP contribution in [0.25, 0.3) is 0 Å². The van der Waals surface area contributed by atoms with Gasteiger partial charge in [-0.3, -0.25) is 4.79 Å². The van der Waals surface area contributed by atoms with Crippen molar-refractivity contribution < 1.29 is 32.6 Å². The fourth-order valence-electron chi connectivity index (χ4n) is 3.51. The summed E-state index contributed by atoms with van der Waals surface area (Å²) in [4.78, 5) is 25.7. The zero-order chi connectivity index (χ0) is 23.6. The third kappa shape index (κ3) is 5.78. The van der Waals surface area contributed by atoms with E-state index in [2.05, 4.69) is 0 Å². The highest BCUT2D eigenvalue weighted by Crippen LogP contribution is 2.37. The Hall–Kier alpha value is -2.78. The molecule has 8 nitrogen and oxygen atoms in total. The van der Waals surface area contributed by atoms with Gasteiger partial charge in [-0.1, -0.05) is 18.2 Å². The number of hydrogen-bond donors (Lipinski definition) is 1. The molecular weight excluding hydrogens is 470 g/mol. The topological polar surface area (TPSA) is 110 Å². The third-order valence-electron chi connectivity index (χ3n) is 5.24. The summed E-state index contributed by atoms with van der Waals surface area (Å²) < 4.78 is 35.7. The van der Waals surface area contributed by atoms with Crippen molar-refractivity contribution in [1.82, 2.24) is 4.90 Å². The van der Waals surface area contributed by atoms with Gasteiger partial charge in [0.05, 0.1) is 4.90 Å². The van der Waals surface area contributed by atoms with E-state index in [4.69, 9.17) is 9.47 Å². The number of carbonyl (C=O) groups is 2. The molecule has 0 unspecified atom stereocenters. The maximum atomic E-state index is 13.4. The minimum atomic E-state index is -4.23. The van der Waals surface area contributed by atoms with Gasteiger partial charge in [0, 0.05) is 13.1 Å². The molecule has 0 spiro atoms. The number of carbonyl (C=O) groups excluding carboxylic acids is 1. The molecule has 0 radical (unpaired) electrons. The van der Waals surface area contributed by atoms with E-state index in [9.17, 15) is 23.1 Å². The molecule has 1 aliphatic heterocycles. The number of aliphatic carboxylic acids is 1. The number of rotatable bonds is 5. The second-order valence-electron chi connectivity index (χ2n) is 8.66. The minimum absolute atomic E-state index is 0. The van der Waals surface area contributed by atoms with Gasteiger partial charge in [0.15, 0.2) is 14.6 Å². The average molecular weight is 498 g/mol. The summed E-state index contributed by atoms with van der Waals surface area (Å²) in [5.74, 6) is -0.398. The molecule has 33 heavy (non-hydrogen) atoms. The van der Waals surface area contributed by atoms with E-state index in [1.807, 2.05) is 18.2 Å². The number of amides is 1. The molecule has 1 aliphatic rings. The molecule has 180 valence electrons. The number of benzene rings is 2. The van der Waals surface area contributed by atoms with Crippen LogP contribution in [-0.4, -0.2) is 53.9 Å². The van der Waals surface area contributed by atoms with E-state index >= 15 is 0 Å². The second-order valence-corrected chi connectivity index (χ2v) is 10.9. The lowest BCUT2D eigenvalue weighted by Crippen LogP contribution is -2.55. The van der Waals surface area contributed by atoms with E-state index in [1.54, 1.807) is 32.9 Å². The van der Waals surface area contributed by atoms with Crippen LogP contribution in [0.15, 0.2) is 59.5 Å². The van der Waals surface area contributed by atoms with Gasteiger partial charge in [-0.15, -0.1) is 12.4 Å². The van der Waals surface area contributed by atoms with E-state index in [-0.39, 0.29) is 43.2 Å². The molecule has 0 aromatic heterocycles. The Kier molecular flexibility index (Phi) is 8.03. The molecule has 1 amide bonds. The molecule has 10 heteroatoms. The molecule has 1 N–H and O–H groups in total. The lowest BCUT2D eigenvalue weighted by molar-refractivity contribution is -0.141. The first-order valence-electron chi connectivity index (χ1n) is 10.2. The quantitative estimate of drug-likeness (QED) is 0.646. The second kappa shape index (κ2) is 10.0. The highest BCUT2D eigenvalue weighted by molar-refractivity contribution is 7.93. The number of sulfone groups is 1. The first-order chi connectivity index (χ1) is 14.9. The van der Waals surface area contributed by atoms with Crippen molar-refractivity contribution in [3.05, 3.63) is 54.6 Å². The fraction of sp³-hybridized carbons (Fsp3) is 0.391. The number of likely N-dealkylation sites (tertiary alicyclic amines) is 1. The lowest BCUT2D eigenvalue weighted by atomic mass is 9.96. The highest BCUT2D eigenvalue weighted by atomic mass is 35.5. The van der Waals surface area contributed by atoms with Gasteiger partial charge in [-0.05, 0) is 70.0 Å². The summed E-state index contributed by atoms with van der Waals surface area (Å²) in [7, 11) is -4.23. The van der Waals surface area contributed by atoms with E-state index in [0.717, 1.165) is 0 Å². The van der Waals surface area contributed by atoms with Gasteiger partial charge in [0.2, 0.25) is 0 Å². The van der Waals surface area contributed by atoms with Crippen molar-refractivity contribution >= 4 is 34.3 Å². The minimum Gasteiger partial charge on any atom is -0.480 e. The van der Waals surface area contributed by atoms with Crippen LogP contribution < -0.4 is 4.74 Å². The third-order valence-corrected chi connectivity index (χ3v) is 7.74. The molecule has 0 aliphatic carbocycles. The fourth-order valence-corrected chi connectivity index (χ4v) is 5.41. The summed E-state index contributed by atoms with van der Waals surface area (Å²) in [6, 6.07) is 14.7. The normalized spacial score (nSPS) is 15.8. The predicted octanol–water partition coefficient (Wildman–Crippen LogP) is 4.53. The van der Waals surface area contributed by atoms with Crippen LogP contribution in [0.3, 0.4) is 0 Å². The Morgan fingerprint density at radius 2 is 1.45 bits per heavy atom. The monoisotopic (exact) mass is 497 g/mol. The maximum absolute atomic E-state index is 13.4. The number of nitrogens with zero attached hydrogens (tertiary/aromatic N) is 1. The van der Waals surface area contributed by atoms with Crippen molar-refractivity contribution in [2.24, 2.45) is 0 Å². The standard InChI is InChI=1S/C23H27NO7S.ClH/c1-22(2,3)31-21(27)24-15-13-23(14-16-24,20(25)26)32(28,29)19-11-9-18(10-12-19)30-17-7-5-4-6-8-17;/h4-12H,13-16H2,1-3H3,(H,25,26);1H. The molecule has 2 aromatic carbocycles. The van der Waals surface area contributed by atoms with Crippen LogP contribution in [0.5, 0.6) is 11.5 Å². The molecule has 0 saturated carbocycles. The molecule has 1 saturated heterocycles. The molecule has 0 atom stereocenters. The number of carboxylic acids is 1. The zero-order valence-electron chi connectivity index (χ0n) is 18.7. The van der Waals surface area contributed by atoms with Gasteiger partial charge in [0.25, 0.3) is 0 Å². The van der Waals surface area contributed by atoms with Crippen molar-refractivity contribution in [3.8, 4) is 11.5 Å². The molecule has 1 fully saturated rings. The molecule has 1 heterocycles. The van der Waals surface area contributed by atoms with Crippen LogP contribution in [-0.2, 0) is 19.4 Å². The highest BCUT2D eigenvalue weighted by Gasteiger charge is 2.54. The predicted molar refractivity (Wildman–Crippen MR) is 125 cm³/mol. The summed E-state index contributed by atoms with van der Waals surface area (Å²) >= 11 is 0. The van der Waals surface area contributed by atoms with Crippen LogP contribution in [0.1, 0.15) is 33.6 Å². The molecule has 3 rings (SSSR count). The Labute approximate surface area is 199 Å². The van der Waals surface area contributed by atoms with E-state index < -0.39 is 32.2 Å². The first-order valence-corrected chi connectivity index (χ1v) is 11.7. The number of halogens is 1. The van der Waals surface area contributed by atoms with Gasteiger partial charge < -0.3 is 19.5 Å². The van der Waals surface area contributed by atoms with Gasteiger partial charge >= 0.3 is 12.1 Å². The number of hydrogen-bond acceptors (Lipinski definition) is 6. The molecule has 0 bridgehead atoms. The largest absolute Gasteiger partial charge is 0.480 e. The average Bonchev–Trinajstić information content (AvgIpc) is 2.73. The Balaban J connectivity index is 0.00000385. The van der Waals surface area contributed by atoms with Crippen LogP contribution >= 0.6 is 12.4 Å². The van der Waals surface area contributed by atoms with Crippen molar-refractivity contribution in [2.45, 2.75) is 48.9 Å². The van der Waals surface area contributed by atoms with Crippen LogP contribution in [0.4, 0.5) is 4.79 Å². The van der Waals surface area contributed by atoms with Crippen molar-refractivity contribution in [2.75, 3.05) is 13.1 Å². The number of ether oxygens (including phenoxy) is 2. The number of para-hydroxylation sites is 1. The number of carboxylic acid groups (broad SMARTS) is 1. The summed E-state index contributed by atoms with van der Waals surface area (Å²) in [5.41, 5.74) is -0.700. The zero-order valence-corrected chi connectivity index (χ0v) is 20.3. The Bertz CT molecular complexity index is 1070. The lowest BCUT2D eigenvalue weighted by Gasteiger charge is -2.38. The van der Waals surface area contributed by atoms with Crippen LogP contribution in [0.2, 0.25) is 0 Å². The summed E-state index contributed by atoms with van der Waals surface area (Å²) in [5, 5.41) is 9.91. The Morgan fingerprint density at radius 3 is 1.94 bits per heavy atom. The van der Waals surface area contributed by atoms with E-state index in [1.165, 1.54) is 29.2 Å². The van der Waals surface area contributed by atoms with Crippen LogP contribution in [0, 0.1) is 0 Å². The van der Waals surface area contributed by atoms with Crippen molar-refractivity contribution in [1.29, 1.82) is 0 Å². The maximum Gasteiger partial charge on any atom is 0.410 e.